The van der Waals surface area contributed by atoms with Crippen LogP contribution in [0.5, 0.6) is 0 Å². The molecule has 3 atom stereocenters. The molecular weight excluding hydrogens is 691 g/mol. The van der Waals surface area contributed by atoms with Crippen molar-refractivity contribution in [1.82, 2.24) is 0 Å². The van der Waals surface area contributed by atoms with Crippen LogP contribution in [0.4, 0.5) is 39.0 Å². The lowest BCUT2D eigenvalue weighted by Gasteiger charge is -2.15. The summed E-state index contributed by atoms with van der Waals surface area (Å²) in [7, 11) is 0. The van der Waals surface area contributed by atoms with Gasteiger partial charge >= 0.3 is 6.18 Å². The molecule has 16 heteroatoms. The number of carbonyl (C=O) groups is 3. The zero-order chi connectivity index (χ0) is 32.8. The third-order valence-corrected chi connectivity index (χ3v) is 8.88. The summed E-state index contributed by atoms with van der Waals surface area (Å²) in [5.41, 5.74) is -2.54. The Morgan fingerprint density at radius 3 is 2.27 bits per heavy atom. The fourth-order valence-corrected chi connectivity index (χ4v) is 6.22. The van der Waals surface area contributed by atoms with E-state index in [1.54, 1.807) is 0 Å². The molecule has 3 N–H and O–H groups in total. The number of alkyl halides is 5. The van der Waals surface area contributed by atoms with Crippen molar-refractivity contribution in [2.75, 3.05) is 22.6 Å². The summed E-state index contributed by atoms with van der Waals surface area (Å²) in [6.07, 6.45) is -4.62. The summed E-state index contributed by atoms with van der Waals surface area (Å²) in [5.74, 6) is -6.98. The number of ether oxygens (including phenoxy) is 1. The van der Waals surface area contributed by atoms with Gasteiger partial charge in [0.05, 0.1) is 32.8 Å². The third-order valence-electron chi connectivity index (χ3n) is 7.28. The minimum absolute atomic E-state index is 0.0283. The van der Waals surface area contributed by atoms with Crippen LogP contribution >= 0.6 is 46.4 Å². The van der Waals surface area contributed by atoms with Crippen molar-refractivity contribution in [1.29, 1.82) is 0 Å². The zero-order valence-electron chi connectivity index (χ0n) is 22.5. The summed E-state index contributed by atoms with van der Waals surface area (Å²) in [5, 5.41) is 6.26. The molecule has 3 aromatic rings. The Bertz CT molecular complexity index is 1700. The number of nitrogens with one attached hydrogen (secondary N) is 3. The van der Waals surface area contributed by atoms with E-state index in [4.69, 9.17) is 51.1 Å². The van der Waals surface area contributed by atoms with Crippen molar-refractivity contribution in [3.8, 4) is 0 Å². The number of benzene rings is 3. The monoisotopic (exact) mass is 709 g/mol. The van der Waals surface area contributed by atoms with Gasteiger partial charge < -0.3 is 20.7 Å². The fourth-order valence-electron chi connectivity index (χ4n) is 4.96. The van der Waals surface area contributed by atoms with Crippen molar-refractivity contribution in [3.05, 3.63) is 86.9 Å². The van der Waals surface area contributed by atoms with E-state index in [1.165, 1.54) is 18.2 Å². The van der Waals surface area contributed by atoms with E-state index in [-0.39, 0.29) is 21.8 Å². The molecule has 1 aliphatic heterocycles. The van der Waals surface area contributed by atoms with Crippen LogP contribution in [0, 0.1) is 17.6 Å². The maximum atomic E-state index is 15.2. The first-order valence-corrected chi connectivity index (χ1v) is 14.7. The summed E-state index contributed by atoms with van der Waals surface area (Å²) in [6.45, 7) is 0.338. The maximum absolute atomic E-state index is 15.2. The molecule has 1 heterocycles. The molecule has 238 valence electrons. The van der Waals surface area contributed by atoms with Crippen LogP contribution in [0.15, 0.2) is 48.5 Å². The minimum Gasteiger partial charge on any atom is -0.368 e. The van der Waals surface area contributed by atoms with Gasteiger partial charge in [0.15, 0.2) is 5.82 Å². The molecule has 0 radical (unpaired) electrons. The van der Waals surface area contributed by atoms with E-state index in [0.29, 0.717) is 19.4 Å². The molecule has 1 saturated heterocycles. The van der Waals surface area contributed by atoms with E-state index in [2.05, 4.69) is 16.0 Å². The maximum Gasteiger partial charge on any atom is 0.417 e. The highest BCUT2D eigenvalue weighted by molar-refractivity contribution is 6.53. The number of rotatable bonds is 7. The van der Waals surface area contributed by atoms with Gasteiger partial charge in [-0.2, -0.15) is 13.2 Å². The molecule has 2 aliphatic rings. The van der Waals surface area contributed by atoms with Gasteiger partial charge in [-0.1, -0.05) is 29.3 Å². The van der Waals surface area contributed by atoms with Gasteiger partial charge in [0.25, 0.3) is 11.8 Å². The molecule has 45 heavy (non-hydrogen) atoms. The lowest BCUT2D eigenvalue weighted by atomic mass is 10.0. The van der Waals surface area contributed by atoms with E-state index in [9.17, 15) is 31.9 Å². The zero-order valence-corrected chi connectivity index (χ0v) is 25.5. The van der Waals surface area contributed by atoms with Crippen LogP contribution in [-0.2, 0) is 20.5 Å². The molecule has 5 rings (SSSR count). The highest BCUT2D eigenvalue weighted by Crippen LogP contribution is 2.65. The summed E-state index contributed by atoms with van der Waals surface area (Å²) >= 11 is 24.4. The number of carbonyl (C=O) groups excluding carboxylic acids is 3. The quantitative estimate of drug-likeness (QED) is 0.170. The summed E-state index contributed by atoms with van der Waals surface area (Å²) in [6, 6.07) is 8.63. The Labute approximate surface area is 272 Å². The van der Waals surface area contributed by atoms with Crippen molar-refractivity contribution in [2.45, 2.75) is 35.4 Å². The predicted molar refractivity (Wildman–Crippen MR) is 159 cm³/mol. The molecule has 2 fully saturated rings. The van der Waals surface area contributed by atoms with E-state index >= 15 is 4.39 Å². The second kappa shape index (κ2) is 12.6. The van der Waals surface area contributed by atoms with Gasteiger partial charge in [-0.05, 0) is 60.9 Å². The molecule has 3 amide bonds. The molecule has 0 spiro atoms. The van der Waals surface area contributed by atoms with Gasteiger partial charge in [-0.3, -0.25) is 14.4 Å². The Morgan fingerprint density at radius 2 is 1.60 bits per heavy atom. The normalized spacial score (nSPS) is 20.4. The Morgan fingerprint density at radius 1 is 0.889 bits per heavy atom. The van der Waals surface area contributed by atoms with Crippen LogP contribution in [-0.4, -0.2) is 34.8 Å². The van der Waals surface area contributed by atoms with Gasteiger partial charge in [-0.15, -0.1) is 23.2 Å². The number of amides is 3. The molecule has 1 aliphatic carbocycles. The Balaban J connectivity index is 1.31. The molecule has 0 bridgehead atoms. The van der Waals surface area contributed by atoms with Gasteiger partial charge in [0, 0.05) is 18.2 Å². The average Bonchev–Trinajstić information content (AvgIpc) is 3.27. The first kappa shape index (κ1) is 33.2. The highest BCUT2D eigenvalue weighted by Gasteiger charge is 2.67. The molecule has 1 unspecified atom stereocenters. The molecule has 0 aromatic heterocycles. The minimum atomic E-state index is -4.75. The standard InChI is InChI=1S/C29H20Cl4F5N3O4/c30-16-6-4-13(39-27(44)22-21(28(22,32)33)12-3-5-17(31)15(10-12)29(36,37)38)11-14(16)25(42)40-19-8-7-18(34)24(23(19)35)41-26(43)20-2-1-9-45-20/h3-8,10-11,20-22H,1-2,9H2,(H,39,44)(H,40,42)(H,41,43)/t20?,21-,22+/m0/s1. The third kappa shape index (κ3) is 6.85. The van der Waals surface area contributed by atoms with Crippen molar-refractivity contribution < 1.29 is 41.1 Å². The summed E-state index contributed by atoms with van der Waals surface area (Å²) < 4.78 is 73.1. The van der Waals surface area contributed by atoms with Gasteiger partial charge in [0.2, 0.25) is 5.91 Å². The molecule has 1 saturated carbocycles. The SMILES string of the molecule is O=C(Nc1ccc(F)c(NC(=O)C2CCCO2)c1F)c1cc(NC(=O)[C@H]2[C@H](c3ccc(Cl)c(C(F)(F)F)c3)C2(Cl)Cl)ccc1Cl. The van der Waals surface area contributed by atoms with E-state index in [1.807, 2.05) is 0 Å². The van der Waals surface area contributed by atoms with Crippen molar-refractivity contribution >= 4 is 81.2 Å². The number of hydrogen-bond acceptors (Lipinski definition) is 4. The van der Waals surface area contributed by atoms with E-state index in [0.717, 1.165) is 30.3 Å². The predicted octanol–water partition coefficient (Wildman–Crippen LogP) is 8.19. The first-order chi connectivity index (χ1) is 21.1. The fraction of sp³-hybridized carbons (Fsp3) is 0.276. The first-order valence-electron chi connectivity index (χ1n) is 13.2. The van der Waals surface area contributed by atoms with Crippen LogP contribution in [0.1, 0.15) is 40.2 Å². The van der Waals surface area contributed by atoms with Crippen LogP contribution in [0.3, 0.4) is 0 Å². The largest absolute Gasteiger partial charge is 0.417 e. The van der Waals surface area contributed by atoms with Crippen LogP contribution in [0.2, 0.25) is 10.0 Å². The van der Waals surface area contributed by atoms with Crippen LogP contribution in [0.25, 0.3) is 0 Å². The lowest BCUT2D eigenvalue weighted by Crippen LogP contribution is -2.28. The van der Waals surface area contributed by atoms with Gasteiger partial charge in [-0.25, -0.2) is 8.78 Å². The Hall–Kier alpha value is -3.16. The lowest BCUT2D eigenvalue weighted by molar-refractivity contribution is -0.137. The summed E-state index contributed by atoms with van der Waals surface area (Å²) in [4.78, 5) is 38.5. The number of halogens is 9. The second-order valence-electron chi connectivity index (χ2n) is 10.3. The smallest absolute Gasteiger partial charge is 0.368 e. The number of anilines is 3. The highest BCUT2D eigenvalue weighted by atomic mass is 35.5. The number of hydrogen-bond donors (Lipinski definition) is 3. The Kier molecular flexibility index (Phi) is 9.27. The molecular formula is C29H20Cl4F5N3O4. The topological polar surface area (TPSA) is 96.5 Å². The van der Waals surface area contributed by atoms with Crippen LogP contribution < -0.4 is 16.0 Å². The molecule has 7 nitrogen and oxygen atoms in total. The molecule has 3 aromatic carbocycles. The van der Waals surface area contributed by atoms with Crippen molar-refractivity contribution in [2.24, 2.45) is 5.92 Å². The van der Waals surface area contributed by atoms with Crippen molar-refractivity contribution in [3.63, 3.8) is 0 Å². The second-order valence-corrected chi connectivity index (χ2v) is 12.5. The van der Waals surface area contributed by atoms with E-state index < -0.39 is 79.8 Å². The average molecular weight is 711 g/mol. The van der Waals surface area contributed by atoms with Gasteiger partial charge in [0.1, 0.15) is 21.9 Å².